The third-order valence-corrected chi connectivity index (χ3v) is 4.77. The number of ether oxygens (including phenoxy) is 2. The lowest BCUT2D eigenvalue weighted by molar-refractivity contribution is -0.0817. The highest BCUT2D eigenvalue weighted by Gasteiger charge is 2.45. The summed E-state index contributed by atoms with van der Waals surface area (Å²) in [5.74, 6) is 0. The van der Waals surface area contributed by atoms with Crippen LogP contribution in [0, 0.1) is 6.92 Å². The van der Waals surface area contributed by atoms with Gasteiger partial charge in [-0.3, -0.25) is 4.98 Å². The van der Waals surface area contributed by atoms with Crippen molar-refractivity contribution < 1.29 is 14.3 Å². The highest BCUT2D eigenvalue weighted by Crippen LogP contribution is 2.44. The van der Waals surface area contributed by atoms with Gasteiger partial charge < -0.3 is 14.4 Å². The van der Waals surface area contributed by atoms with Gasteiger partial charge in [-0.1, -0.05) is 11.6 Å². The van der Waals surface area contributed by atoms with Crippen molar-refractivity contribution in [2.45, 2.75) is 58.3 Å². The molecule has 1 aromatic heterocycles. The zero-order valence-corrected chi connectivity index (χ0v) is 14.9. The van der Waals surface area contributed by atoms with E-state index in [1.54, 1.807) is 4.90 Å². The first kappa shape index (κ1) is 16.5. The van der Waals surface area contributed by atoms with Gasteiger partial charge in [0.05, 0.1) is 23.0 Å². The predicted molar refractivity (Wildman–Crippen MR) is 87.5 cm³/mol. The fraction of sp³-hybridized carbons (Fsp3) is 0.647. The number of halogens is 1. The summed E-state index contributed by atoms with van der Waals surface area (Å²) in [5, 5.41) is 0.676. The number of pyridine rings is 1. The van der Waals surface area contributed by atoms with Gasteiger partial charge in [-0.05, 0) is 46.6 Å². The summed E-state index contributed by atoms with van der Waals surface area (Å²) in [6, 6.07) is 1.95. The highest BCUT2D eigenvalue weighted by atomic mass is 35.5. The summed E-state index contributed by atoms with van der Waals surface area (Å²) in [4.78, 5) is 18.6. The lowest BCUT2D eigenvalue weighted by atomic mass is 9.87. The van der Waals surface area contributed by atoms with Crippen LogP contribution in [0.4, 0.5) is 4.79 Å². The van der Waals surface area contributed by atoms with Crippen LogP contribution >= 0.6 is 11.6 Å². The number of hydrogen-bond donors (Lipinski definition) is 0. The Morgan fingerprint density at radius 3 is 2.65 bits per heavy atom. The fourth-order valence-electron chi connectivity index (χ4n) is 3.17. The van der Waals surface area contributed by atoms with Crippen LogP contribution in [-0.2, 0) is 21.7 Å². The van der Waals surface area contributed by atoms with Crippen molar-refractivity contribution in [1.82, 2.24) is 9.88 Å². The minimum absolute atomic E-state index is 0.259. The molecule has 0 N–H and O–H groups in total. The number of aryl methyl sites for hydroxylation is 1. The smallest absolute Gasteiger partial charge is 0.410 e. The van der Waals surface area contributed by atoms with Crippen LogP contribution in [0.5, 0.6) is 0 Å². The second kappa shape index (κ2) is 5.64. The molecule has 1 aromatic rings. The monoisotopic (exact) mass is 338 g/mol. The molecule has 0 aliphatic carbocycles. The van der Waals surface area contributed by atoms with Gasteiger partial charge in [0.2, 0.25) is 0 Å². The van der Waals surface area contributed by atoms with Crippen LogP contribution < -0.4 is 0 Å². The number of fused-ring (bicyclic) bond motifs is 2. The number of hydrogen-bond acceptors (Lipinski definition) is 4. The van der Waals surface area contributed by atoms with Gasteiger partial charge in [0.15, 0.2) is 0 Å². The summed E-state index contributed by atoms with van der Waals surface area (Å²) in [6.07, 6.45) is 1.20. The number of aromatic nitrogens is 1. The Morgan fingerprint density at radius 1 is 1.39 bits per heavy atom. The number of carbonyl (C=O) groups is 1. The number of piperidine rings is 1. The second-order valence-electron chi connectivity index (χ2n) is 7.31. The molecule has 0 saturated carbocycles. The maximum atomic E-state index is 12.2. The number of rotatable bonds is 0. The molecule has 1 amide bonds. The molecular weight excluding hydrogens is 316 g/mol. The number of likely N-dealkylation sites (tertiary alicyclic amines) is 1. The van der Waals surface area contributed by atoms with Crippen molar-refractivity contribution in [2.24, 2.45) is 0 Å². The molecule has 0 aromatic carbocycles. The fourth-order valence-corrected chi connectivity index (χ4v) is 3.34. The van der Waals surface area contributed by atoms with Crippen molar-refractivity contribution in [3.8, 4) is 0 Å². The molecule has 6 heteroatoms. The molecule has 3 heterocycles. The predicted octanol–water partition coefficient (Wildman–Crippen LogP) is 3.80. The molecule has 0 radical (unpaired) electrons. The average Bonchev–Trinajstić information content (AvgIpc) is 2.77. The molecule has 5 nitrogen and oxygen atoms in total. The van der Waals surface area contributed by atoms with E-state index in [2.05, 4.69) is 4.98 Å². The summed E-state index contributed by atoms with van der Waals surface area (Å²) in [7, 11) is 0. The molecular formula is C17H23ClN2O3. The Kier molecular flexibility index (Phi) is 4.05. The Morgan fingerprint density at radius 2 is 2.04 bits per heavy atom. The number of carbonyl (C=O) groups excluding carboxylic acids is 1. The number of amides is 1. The SMILES string of the molecule is Cc1nc2c(cc1Cl)COC21CCN(C(=O)OC(C)(C)C)CC1. The molecule has 126 valence electrons. The highest BCUT2D eigenvalue weighted by molar-refractivity contribution is 6.31. The van der Waals surface area contributed by atoms with Crippen LogP contribution in [0.2, 0.25) is 5.02 Å². The van der Waals surface area contributed by atoms with Crippen molar-refractivity contribution in [3.05, 3.63) is 28.0 Å². The largest absolute Gasteiger partial charge is 0.444 e. The van der Waals surface area contributed by atoms with E-state index >= 15 is 0 Å². The average molecular weight is 339 g/mol. The normalized spacial score (nSPS) is 19.8. The quantitative estimate of drug-likeness (QED) is 0.722. The molecule has 1 fully saturated rings. The molecule has 0 bridgehead atoms. The van der Waals surface area contributed by atoms with Gasteiger partial charge in [-0.2, -0.15) is 0 Å². The zero-order chi connectivity index (χ0) is 16.8. The maximum Gasteiger partial charge on any atom is 0.410 e. The number of nitrogens with zero attached hydrogens (tertiary/aromatic N) is 2. The zero-order valence-electron chi connectivity index (χ0n) is 14.1. The first-order chi connectivity index (χ1) is 10.7. The van der Waals surface area contributed by atoms with E-state index in [9.17, 15) is 4.79 Å². The first-order valence-electron chi connectivity index (χ1n) is 7.99. The molecule has 2 aliphatic heterocycles. The van der Waals surface area contributed by atoms with Crippen LogP contribution in [0.25, 0.3) is 0 Å². The molecule has 2 aliphatic rings. The van der Waals surface area contributed by atoms with Gasteiger partial charge in [0.1, 0.15) is 11.2 Å². The van der Waals surface area contributed by atoms with Crippen molar-refractivity contribution in [3.63, 3.8) is 0 Å². The third-order valence-electron chi connectivity index (χ3n) is 4.39. The summed E-state index contributed by atoms with van der Waals surface area (Å²) >= 11 is 6.16. The second-order valence-corrected chi connectivity index (χ2v) is 7.72. The van der Waals surface area contributed by atoms with Crippen LogP contribution in [-0.4, -0.2) is 34.7 Å². The molecule has 1 saturated heterocycles. The molecule has 0 unspecified atom stereocenters. The van der Waals surface area contributed by atoms with E-state index < -0.39 is 5.60 Å². The van der Waals surface area contributed by atoms with E-state index in [1.807, 2.05) is 33.8 Å². The standard InChI is InChI=1S/C17H23ClN2O3/c1-11-13(18)9-12-10-22-17(14(12)19-11)5-7-20(8-6-17)15(21)23-16(2,3)4/h9H,5-8,10H2,1-4H3. The van der Waals surface area contributed by atoms with E-state index in [0.29, 0.717) is 24.7 Å². The Labute approximate surface area is 141 Å². The lowest BCUT2D eigenvalue weighted by Crippen LogP contribution is -2.47. The van der Waals surface area contributed by atoms with Gasteiger partial charge in [0, 0.05) is 18.7 Å². The van der Waals surface area contributed by atoms with Crippen LogP contribution in [0.3, 0.4) is 0 Å². The molecule has 1 spiro atoms. The van der Waals surface area contributed by atoms with E-state index in [4.69, 9.17) is 21.1 Å². The first-order valence-corrected chi connectivity index (χ1v) is 8.36. The van der Waals surface area contributed by atoms with Gasteiger partial charge in [-0.15, -0.1) is 0 Å². The van der Waals surface area contributed by atoms with E-state index in [0.717, 1.165) is 29.8 Å². The van der Waals surface area contributed by atoms with Gasteiger partial charge in [0.25, 0.3) is 0 Å². The minimum Gasteiger partial charge on any atom is -0.444 e. The van der Waals surface area contributed by atoms with E-state index in [1.165, 1.54) is 0 Å². The molecule has 23 heavy (non-hydrogen) atoms. The van der Waals surface area contributed by atoms with Crippen molar-refractivity contribution in [2.75, 3.05) is 13.1 Å². The Bertz CT molecular complexity index is 631. The van der Waals surface area contributed by atoms with Crippen LogP contribution in [0.1, 0.15) is 50.6 Å². The van der Waals surface area contributed by atoms with Gasteiger partial charge in [-0.25, -0.2) is 4.79 Å². The molecule has 3 rings (SSSR count). The van der Waals surface area contributed by atoms with Crippen LogP contribution in [0.15, 0.2) is 6.07 Å². The van der Waals surface area contributed by atoms with Crippen molar-refractivity contribution >= 4 is 17.7 Å². The Balaban J connectivity index is 1.73. The summed E-state index contributed by atoms with van der Waals surface area (Å²) in [6.45, 7) is 9.30. The topological polar surface area (TPSA) is 51.7 Å². The Hall–Kier alpha value is -1.33. The summed E-state index contributed by atoms with van der Waals surface area (Å²) in [5.41, 5.74) is 2.01. The summed E-state index contributed by atoms with van der Waals surface area (Å²) < 4.78 is 11.5. The third kappa shape index (κ3) is 3.17. The van der Waals surface area contributed by atoms with Crippen molar-refractivity contribution in [1.29, 1.82) is 0 Å². The van der Waals surface area contributed by atoms with Gasteiger partial charge >= 0.3 is 6.09 Å². The molecule has 0 atom stereocenters. The van der Waals surface area contributed by atoms with E-state index in [-0.39, 0.29) is 11.7 Å². The maximum absolute atomic E-state index is 12.2. The lowest BCUT2D eigenvalue weighted by Gasteiger charge is -2.39. The minimum atomic E-state index is -0.474.